The van der Waals surface area contributed by atoms with Crippen LogP contribution in [0.25, 0.3) is 0 Å². The highest BCUT2D eigenvalue weighted by atomic mass is 19.1. The zero-order chi connectivity index (χ0) is 14.9. The van der Waals surface area contributed by atoms with E-state index in [9.17, 15) is 4.39 Å². The topological polar surface area (TPSA) is 29.9 Å². The van der Waals surface area contributed by atoms with E-state index in [0.29, 0.717) is 5.56 Å². The van der Waals surface area contributed by atoms with Crippen molar-refractivity contribution in [2.24, 2.45) is 7.05 Å². The van der Waals surface area contributed by atoms with E-state index in [4.69, 9.17) is 0 Å². The second-order valence-electron chi connectivity index (χ2n) is 5.26. The molecular formula is C16H22FN3. The van der Waals surface area contributed by atoms with Gasteiger partial charge in [-0.25, -0.2) is 4.39 Å². The van der Waals surface area contributed by atoms with E-state index in [1.54, 1.807) is 10.7 Å². The van der Waals surface area contributed by atoms with Crippen molar-refractivity contribution in [3.05, 3.63) is 52.1 Å². The Morgan fingerprint density at radius 2 is 2.05 bits per heavy atom. The van der Waals surface area contributed by atoms with Crippen molar-refractivity contribution < 1.29 is 4.39 Å². The third kappa shape index (κ3) is 2.61. The van der Waals surface area contributed by atoms with Gasteiger partial charge in [0.2, 0.25) is 0 Å². The van der Waals surface area contributed by atoms with Crippen molar-refractivity contribution in [2.75, 3.05) is 7.05 Å². The van der Waals surface area contributed by atoms with Crippen molar-refractivity contribution in [3.63, 3.8) is 0 Å². The van der Waals surface area contributed by atoms with Crippen LogP contribution in [0.3, 0.4) is 0 Å². The lowest BCUT2D eigenvalue weighted by Crippen LogP contribution is -2.21. The molecule has 2 rings (SSSR count). The normalized spacial score (nSPS) is 12.7. The number of rotatable bonds is 4. The predicted octanol–water partition coefficient (Wildman–Crippen LogP) is 3.05. The van der Waals surface area contributed by atoms with Gasteiger partial charge in [-0.05, 0) is 44.5 Å². The number of halogens is 1. The van der Waals surface area contributed by atoms with Crippen molar-refractivity contribution in [1.29, 1.82) is 0 Å². The van der Waals surface area contributed by atoms with Gasteiger partial charge in [0.1, 0.15) is 5.82 Å². The lowest BCUT2D eigenvalue weighted by molar-refractivity contribution is 0.570. The lowest BCUT2D eigenvalue weighted by atomic mass is 9.93. The number of hydrogen-bond donors (Lipinski definition) is 1. The zero-order valence-corrected chi connectivity index (χ0v) is 12.8. The standard InChI is InChI=1S/C16H22FN3/c1-6-14-12(9-20(5)19-14)16(18-4)15-11(3)7-10(2)8-13(15)17/h7-9,16,18H,6H2,1-5H3. The van der Waals surface area contributed by atoms with Gasteiger partial charge in [0.15, 0.2) is 0 Å². The third-order valence-corrected chi connectivity index (χ3v) is 3.64. The largest absolute Gasteiger partial charge is 0.309 e. The van der Waals surface area contributed by atoms with Crippen LogP contribution in [0.2, 0.25) is 0 Å². The van der Waals surface area contributed by atoms with Crippen LogP contribution in [-0.4, -0.2) is 16.8 Å². The molecule has 0 aliphatic heterocycles. The maximum absolute atomic E-state index is 14.4. The van der Waals surface area contributed by atoms with Gasteiger partial charge < -0.3 is 5.32 Å². The molecule has 1 heterocycles. The molecule has 0 aliphatic carbocycles. The van der Waals surface area contributed by atoms with Crippen molar-refractivity contribution in [1.82, 2.24) is 15.1 Å². The van der Waals surface area contributed by atoms with E-state index in [0.717, 1.165) is 28.8 Å². The van der Waals surface area contributed by atoms with Gasteiger partial charge in [0, 0.05) is 24.4 Å². The minimum absolute atomic E-state index is 0.159. The molecule has 0 fully saturated rings. The summed E-state index contributed by atoms with van der Waals surface area (Å²) in [5, 5.41) is 7.69. The Balaban J connectivity index is 2.58. The monoisotopic (exact) mass is 275 g/mol. The molecule has 0 radical (unpaired) electrons. The summed E-state index contributed by atoms with van der Waals surface area (Å²) in [6.45, 7) is 5.93. The van der Waals surface area contributed by atoms with Gasteiger partial charge in [0.05, 0.1) is 11.7 Å². The summed E-state index contributed by atoms with van der Waals surface area (Å²) >= 11 is 0. The smallest absolute Gasteiger partial charge is 0.128 e. The summed E-state index contributed by atoms with van der Waals surface area (Å²) in [5.41, 5.74) is 4.67. The van der Waals surface area contributed by atoms with Crippen LogP contribution in [0.1, 0.15) is 40.9 Å². The average molecular weight is 275 g/mol. The summed E-state index contributed by atoms with van der Waals surface area (Å²) in [5.74, 6) is -0.159. The second-order valence-corrected chi connectivity index (χ2v) is 5.26. The maximum Gasteiger partial charge on any atom is 0.128 e. The lowest BCUT2D eigenvalue weighted by Gasteiger charge is -2.20. The van der Waals surface area contributed by atoms with Crippen molar-refractivity contribution in [3.8, 4) is 0 Å². The minimum Gasteiger partial charge on any atom is -0.309 e. The van der Waals surface area contributed by atoms with E-state index in [1.165, 1.54) is 0 Å². The highest BCUT2D eigenvalue weighted by Gasteiger charge is 2.23. The van der Waals surface area contributed by atoms with Crippen LogP contribution in [0.5, 0.6) is 0 Å². The van der Waals surface area contributed by atoms with Gasteiger partial charge in [-0.2, -0.15) is 5.10 Å². The SMILES string of the molecule is CCc1nn(C)cc1C(NC)c1c(C)cc(C)cc1F. The molecule has 0 bridgehead atoms. The summed E-state index contributed by atoms with van der Waals surface area (Å²) < 4.78 is 16.2. The molecule has 108 valence electrons. The van der Waals surface area contributed by atoms with Crippen LogP contribution in [0, 0.1) is 19.7 Å². The van der Waals surface area contributed by atoms with E-state index in [2.05, 4.69) is 17.3 Å². The molecule has 4 heteroatoms. The van der Waals surface area contributed by atoms with Gasteiger partial charge in [-0.1, -0.05) is 13.0 Å². The van der Waals surface area contributed by atoms with Crippen molar-refractivity contribution >= 4 is 0 Å². The second kappa shape index (κ2) is 5.75. The van der Waals surface area contributed by atoms with E-state index < -0.39 is 0 Å². The molecule has 0 aliphatic rings. The first kappa shape index (κ1) is 14.7. The Labute approximate surface area is 119 Å². The Kier molecular flexibility index (Phi) is 4.23. The van der Waals surface area contributed by atoms with Crippen LogP contribution in [0.15, 0.2) is 18.3 Å². The molecule has 2 aromatic rings. The van der Waals surface area contributed by atoms with Crippen LogP contribution < -0.4 is 5.32 Å². The molecule has 3 nitrogen and oxygen atoms in total. The first-order valence-electron chi connectivity index (χ1n) is 6.94. The first-order chi connectivity index (χ1) is 9.47. The molecule has 1 N–H and O–H groups in total. The molecule has 1 unspecified atom stereocenters. The Morgan fingerprint density at radius 3 is 2.60 bits per heavy atom. The Hall–Kier alpha value is -1.68. The fourth-order valence-corrected chi connectivity index (χ4v) is 2.82. The molecule has 1 atom stereocenters. The number of nitrogens with zero attached hydrogens (tertiary/aromatic N) is 2. The summed E-state index contributed by atoms with van der Waals surface area (Å²) in [7, 11) is 3.75. The summed E-state index contributed by atoms with van der Waals surface area (Å²) in [6.07, 6.45) is 2.81. The molecular weight excluding hydrogens is 253 g/mol. The van der Waals surface area contributed by atoms with E-state index in [1.807, 2.05) is 40.2 Å². The zero-order valence-electron chi connectivity index (χ0n) is 12.8. The number of aryl methyl sites for hydroxylation is 4. The molecule has 20 heavy (non-hydrogen) atoms. The van der Waals surface area contributed by atoms with Gasteiger partial charge in [-0.15, -0.1) is 0 Å². The van der Waals surface area contributed by atoms with E-state index in [-0.39, 0.29) is 11.9 Å². The Morgan fingerprint density at radius 1 is 1.35 bits per heavy atom. The third-order valence-electron chi connectivity index (χ3n) is 3.64. The molecule has 0 saturated heterocycles. The predicted molar refractivity (Wildman–Crippen MR) is 79.4 cm³/mol. The molecule has 0 amide bonds. The number of aromatic nitrogens is 2. The van der Waals surface area contributed by atoms with Crippen LogP contribution in [0.4, 0.5) is 4.39 Å². The highest BCUT2D eigenvalue weighted by molar-refractivity contribution is 5.40. The van der Waals surface area contributed by atoms with Gasteiger partial charge >= 0.3 is 0 Å². The van der Waals surface area contributed by atoms with Gasteiger partial charge in [-0.3, -0.25) is 4.68 Å². The van der Waals surface area contributed by atoms with E-state index >= 15 is 0 Å². The first-order valence-corrected chi connectivity index (χ1v) is 6.94. The number of hydrogen-bond acceptors (Lipinski definition) is 2. The Bertz CT molecular complexity index is 593. The minimum atomic E-state index is -0.167. The number of benzene rings is 1. The van der Waals surface area contributed by atoms with Crippen molar-refractivity contribution in [2.45, 2.75) is 33.2 Å². The molecule has 0 spiro atoms. The van der Waals surface area contributed by atoms with Gasteiger partial charge in [0.25, 0.3) is 0 Å². The maximum atomic E-state index is 14.4. The molecule has 0 saturated carbocycles. The number of nitrogens with one attached hydrogen (secondary N) is 1. The summed E-state index contributed by atoms with van der Waals surface area (Å²) in [4.78, 5) is 0. The average Bonchev–Trinajstić information content (AvgIpc) is 2.74. The molecule has 1 aromatic heterocycles. The molecule has 1 aromatic carbocycles. The quantitative estimate of drug-likeness (QED) is 0.929. The summed E-state index contributed by atoms with van der Waals surface area (Å²) in [6, 6.07) is 3.44. The fraction of sp³-hybridized carbons (Fsp3) is 0.438. The van der Waals surface area contributed by atoms with Crippen LogP contribution in [-0.2, 0) is 13.5 Å². The fourth-order valence-electron chi connectivity index (χ4n) is 2.82. The van der Waals surface area contributed by atoms with Crippen LogP contribution >= 0.6 is 0 Å². The highest BCUT2D eigenvalue weighted by Crippen LogP contribution is 2.29.